The van der Waals surface area contributed by atoms with Crippen molar-refractivity contribution in [2.75, 3.05) is 31.2 Å². The molecule has 0 unspecified atom stereocenters. The Hall–Kier alpha value is -2.44. The van der Waals surface area contributed by atoms with Gasteiger partial charge in [0.15, 0.2) is 0 Å². The molecule has 0 bridgehead atoms. The number of anilines is 1. The van der Waals surface area contributed by atoms with Gasteiger partial charge in [-0.3, -0.25) is 19.3 Å². The second-order valence-electron chi connectivity index (χ2n) is 8.94. The molecule has 1 aromatic rings. The summed E-state index contributed by atoms with van der Waals surface area (Å²) in [6.45, 7) is 10.5. The molecule has 1 aliphatic rings. The number of benzene rings is 1. The maximum Gasteiger partial charge on any atom is 0.248 e. The summed E-state index contributed by atoms with van der Waals surface area (Å²) >= 11 is 0. The number of carbonyl (C=O) groups is 3. The van der Waals surface area contributed by atoms with E-state index in [1.807, 2.05) is 34.6 Å². The fraction of sp³-hybridized carbons (Fsp3) is 0.571. The van der Waals surface area contributed by atoms with E-state index < -0.39 is 0 Å². The summed E-state index contributed by atoms with van der Waals surface area (Å²) in [6, 6.07) is 5.59. The molecule has 0 radical (unpaired) electrons. The summed E-state index contributed by atoms with van der Waals surface area (Å²) in [4.78, 5) is 42.2. The molecule has 0 spiro atoms. The largest absolute Gasteiger partial charge is 0.333 e. The lowest BCUT2D eigenvalue weighted by molar-refractivity contribution is -0.141. The van der Waals surface area contributed by atoms with Crippen LogP contribution in [-0.4, -0.2) is 53.8 Å². The summed E-state index contributed by atoms with van der Waals surface area (Å²) in [6.07, 6.45) is 0.355. The van der Waals surface area contributed by atoms with Gasteiger partial charge in [-0.1, -0.05) is 34.6 Å². The van der Waals surface area contributed by atoms with Gasteiger partial charge in [-0.05, 0) is 35.6 Å². The minimum Gasteiger partial charge on any atom is -0.333 e. The van der Waals surface area contributed by atoms with Gasteiger partial charge in [-0.15, -0.1) is 0 Å². The zero-order valence-electron chi connectivity index (χ0n) is 17.4. The van der Waals surface area contributed by atoms with Crippen molar-refractivity contribution in [3.63, 3.8) is 0 Å². The molecule has 0 aromatic heterocycles. The second-order valence-corrected chi connectivity index (χ2v) is 8.94. The number of amides is 3. The van der Waals surface area contributed by atoms with Crippen LogP contribution in [0.2, 0.25) is 0 Å². The molecule has 1 aliphatic heterocycles. The molecular weight excluding hydrogens is 361 g/mol. The molecule has 7 heteroatoms. The molecule has 0 atom stereocenters. The fourth-order valence-electron chi connectivity index (χ4n) is 3.09. The van der Waals surface area contributed by atoms with Crippen molar-refractivity contribution in [1.29, 1.82) is 0 Å². The normalized spacial score (nSPS) is 14.8. The highest BCUT2D eigenvalue weighted by molar-refractivity contribution is 6.00. The average molecular weight is 391 g/mol. The van der Waals surface area contributed by atoms with Crippen molar-refractivity contribution in [3.05, 3.63) is 30.1 Å². The Morgan fingerprint density at radius 1 is 1.18 bits per heavy atom. The summed E-state index contributed by atoms with van der Waals surface area (Å²) in [5, 5.41) is 0. The zero-order valence-corrected chi connectivity index (χ0v) is 17.4. The van der Waals surface area contributed by atoms with E-state index in [0.29, 0.717) is 18.7 Å². The standard InChI is InChI=1S/C21H30FN3O3/c1-15(2)11-23(18(26)10-21(3,4)5)12-19(27)24-13-20(28)25(14-24)17-8-6-16(22)7-9-17/h6-9,15H,10-14H2,1-5H3. The maximum absolute atomic E-state index is 13.1. The molecule has 28 heavy (non-hydrogen) atoms. The van der Waals surface area contributed by atoms with Gasteiger partial charge >= 0.3 is 0 Å². The first-order chi connectivity index (χ1) is 13.0. The van der Waals surface area contributed by atoms with E-state index in [9.17, 15) is 18.8 Å². The van der Waals surface area contributed by atoms with E-state index in [2.05, 4.69) is 0 Å². The first-order valence-corrected chi connectivity index (χ1v) is 9.58. The van der Waals surface area contributed by atoms with Crippen LogP contribution in [0.25, 0.3) is 0 Å². The van der Waals surface area contributed by atoms with Gasteiger partial charge in [0.05, 0.1) is 6.54 Å². The molecule has 0 N–H and O–H groups in total. The summed E-state index contributed by atoms with van der Waals surface area (Å²) in [5.41, 5.74) is 0.378. The van der Waals surface area contributed by atoms with E-state index in [0.717, 1.165) is 0 Å². The third-order valence-electron chi connectivity index (χ3n) is 4.38. The molecule has 1 fully saturated rings. The van der Waals surface area contributed by atoms with Crippen molar-refractivity contribution >= 4 is 23.4 Å². The molecule has 154 valence electrons. The van der Waals surface area contributed by atoms with Crippen LogP contribution in [0, 0.1) is 17.2 Å². The topological polar surface area (TPSA) is 60.9 Å². The highest BCUT2D eigenvalue weighted by Crippen LogP contribution is 2.22. The van der Waals surface area contributed by atoms with Crippen molar-refractivity contribution in [2.45, 2.75) is 41.0 Å². The summed E-state index contributed by atoms with van der Waals surface area (Å²) in [5.74, 6) is -0.703. The van der Waals surface area contributed by atoms with Crippen LogP contribution in [0.1, 0.15) is 41.0 Å². The van der Waals surface area contributed by atoms with Gasteiger partial charge in [0, 0.05) is 18.7 Å². The minimum atomic E-state index is -0.384. The van der Waals surface area contributed by atoms with E-state index in [-0.39, 0.29) is 54.6 Å². The SMILES string of the molecule is CC(C)CN(CC(=O)N1CC(=O)N(c2ccc(F)cc2)C1)C(=O)CC(C)(C)C. The minimum absolute atomic E-state index is 0.0425. The van der Waals surface area contributed by atoms with Crippen molar-refractivity contribution in [3.8, 4) is 0 Å². The van der Waals surface area contributed by atoms with Crippen molar-refractivity contribution < 1.29 is 18.8 Å². The molecule has 1 heterocycles. The van der Waals surface area contributed by atoms with Gasteiger partial charge in [-0.2, -0.15) is 0 Å². The van der Waals surface area contributed by atoms with E-state index >= 15 is 0 Å². The van der Waals surface area contributed by atoms with Crippen LogP contribution in [0.15, 0.2) is 24.3 Å². The first-order valence-electron chi connectivity index (χ1n) is 9.58. The number of halogens is 1. The van der Waals surface area contributed by atoms with Crippen LogP contribution >= 0.6 is 0 Å². The predicted octanol–water partition coefficient (Wildman–Crippen LogP) is 2.88. The number of hydrogen-bond donors (Lipinski definition) is 0. The Morgan fingerprint density at radius 2 is 1.79 bits per heavy atom. The Labute approximate surface area is 166 Å². The van der Waals surface area contributed by atoms with Gasteiger partial charge in [0.1, 0.15) is 19.0 Å². The number of hydrogen-bond acceptors (Lipinski definition) is 3. The zero-order chi connectivity index (χ0) is 21.1. The smallest absolute Gasteiger partial charge is 0.248 e. The lowest BCUT2D eigenvalue weighted by Crippen LogP contribution is -2.44. The van der Waals surface area contributed by atoms with Gasteiger partial charge in [0.25, 0.3) is 0 Å². The second kappa shape index (κ2) is 8.71. The van der Waals surface area contributed by atoms with E-state index in [1.54, 1.807) is 4.90 Å². The van der Waals surface area contributed by atoms with Gasteiger partial charge in [0.2, 0.25) is 17.7 Å². The molecular formula is C21H30FN3O3. The number of nitrogens with zero attached hydrogens (tertiary/aromatic N) is 3. The van der Waals surface area contributed by atoms with Crippen LogP contribution in [0.5, 0.6) is 0 Å². The van der Waals surface area contributed by atoms with Crippen molar-refractivity contribution in [1.82, 2.24) is 9.80 Å². The van der Waals surface area contributed by atoms with Crippen LogP contribution in [0.4, 0.5) is 10.1 Å². The van der Waals surface area contributed by atoms with Crippen molar-refractivity contribution in [2.24, 2.45) is 11.3 Å². The van der Waals surface area contributed by atoms with Gasteiger partial charge < -0.3 is 9.80 Å². The van der Waals surface area contributed by atoms with Crippen LogP contribution < -0.4 is 4.90 Å². The summed E-state index contributed by atoms with van der Waals surface area (Å²) < 4.78 is 13.1. The van der Waals surface area contributed by atoms with Crippen LogP contribution in [0.3, 0.4) is 0 Å². The molecule has 1 saturated heterocycles. The Bertz CT molecular complexity index is 725. The third-order valence-corrected chi connectivity index (χ3v) is 4.38. The Balaban J connectivity index is 2.05. The highest BCUT2D eigenvalue weighted by Gasteiger charge is 2.33. The first kappa shape index (κ1) is 21.9. The number of carbonyl (C=O) groups excluding carboxylic acids is 3. The highest BCUT2D eigenvalue weighted by atomic mass is 19.1. The molecule has 0 aliphatic carbocycles. The lowest BCUT2D eigenvalue weighted by atomic mass is 9.91. The molecule has 6 nitrogen and oxygen atoms in total. The summed E-state index contributed by atoms with van der Waals surface area (Å²) in [7, 11) is 0. The lowest BCUT2D eigenvalue weighted by Gasteiger charge is -2.29. The molecule has 2 rings (SSSR count). The average Bonchev–Trinajstić information content (AvgIpc) is 2.95. The fourth-order valence-corrected chi connectivity index (χ4v) is 3.09. The van der Waals surface area contributed by atoms with Crippen LogP contribution in [-0.2, 0) is 14.4 Å². The Kier molecular flexibility index (Phi) is 6.80. The molecule has 3 amide bonds. The van der Waals surface area contributed by atoms with Gasteiger partial charge in [-0.25, -0.2) is 4.39 Å². The van der Waals surface area contributed by atoms with E-state index in [4.69, 9.17) is 0 Å². The van der Waals surface area contributed by atoms with E-state index in [1.165, 1.54) is 34.1 Å². The Morgan fingerprint density at radius 3 is 2.32 bits per heavy atom. The quantitative estimate of drug-likeness (QED) is 0.749. The third kappa shape index (κ3) is 6.04. The monoisotopic (exact) mass is 391 g/mol. The maximum atomic E-state index is 13.1. The molecule has 0 saturated carbocycles. The predicted molar refractivity (Wildman–Crippen MR) is 106 cm³/mol. The number of rotatable bonds is 6. The molecule has 1 aromatic carbocycles.